The lowest BCUT2D eigenvalue weighted by Crippen LogP contribution is -2.60. The minimum absolute atomic E-state index is 0.0186. The molecule has 0 aromatic rings. The summed E-state index contributed by atoms with van der Waals surface area (Å²) in [6.07, 6.45) is 3.45. The van der Waals surface area contributed by atoms with E-state index in [1.165, 1.54) is 39.3 Å². The Hall–Kier alpha value is -2.45. The van der Waals surface area contributed by atoms with Crippen LogP contribution in [-0.2, 0) is 38.3 Å². The summed E-state index contributed by atoms with van der Waals surface area (Å²) in [5.74, 6) is -4.53. The van der Waals surface area contributed by atoms with E-state index in [1.54, 1.807) is 10.8 Å². The number of carbonyl (C=O) groups is 7. The lowest BCUT2D eigenvalue weighted by Gasteiger charge is -2.33. The van der Waals surface area contributed by atoms with Crippen LogP contribution >= 0.6 is 43.2 Å². The smallest absolute Gasteiger partial charge is 0.303 e. The molecule has 314 valence electrons. The summed E-state index contributed by atoms with van der Waals surface area (Å²) in [6.45, 7) is 20.9. The van der Waals surface area contributed by atoms with Gasteiger partial charge in [-0.1, -0.05) is 91.6 Å². The number of nitrogens with one attached hydrogen (secondary N) is 4. The van der Waals surface area contributed by atoms with Crippen molar-refractivity contribution in [3.05, 3.63) is 12.2 Å². The third-order valence-corrected chi connectivity index (χ3v) is 14.7. The largest absolute Gasteiger partial charge is 0.481 e. The topological polar surface area (TPSA) is 226 Å². The average molecular weight is 851 g/mol. The first-order chi connectivity index (χ1) is 25.2. The third-order valence-electron chi connectivity index (χ3n) is 8.04. The standard InChI is InChI=1S/C36H62N6O9S4/c1-12-36(11,16-15-28(45)46)51-18-17-35(9,10)41-31(49)24(21-53-55-34(6,7)8)39-29(47)22(2)38-30(48)23(20-52-54-33(3,4)5)40-32(50)25(19-37)42-26(43)13-14-27(42)44/h13-14,22-25H,12,15-21,37H2,1-11H3,(H,38,48)(H,39,47)(H,40,50)(H,41,49)(H,45,46)/t22-,23-,24-,25-,36?/m0/s1. The highest BCUT2D eigenvalue weighted by Gasteiger charge is 2.37. The van der Waals surface area contributed by atoms with E-state index in [-0.39, 0.29) is 40.6 Å². The lowest BCUT2D eigenvalue weighted by atomic mass is 9.96. The van der Waals surface area contributed by atoms with Crippen molar-refractivity contribution >= 4 is 84.6 Å². The molecular formula is C36H62N6O9S4. The first-order valence-electron chi connectivity index (χ1n) is 18.2. The number of amides is 6. The van der Waals surface area contributed by atoms with E-state index in [1.807, 2.05) is 69.2 Å². The van der Waals surface area contributed by atoms with Gasteiger partial charge in [-0.2, -0.15) is 0 Å². The van der Waals surface area contributed by atoms with Gasteiger partial charge < -0.3 is 36.8 Å². The van der Waals surface area contributed by atoms with Crippen LogP contribution in [0.4, 0.5) is 0 Å². The van der Waals surface area contributed by atoms with Gasteiger partial charge in [0.2, 0.25) is 23.6 Å². The fourth-order valence-corrected chi connectivity index (χ4v) is 9.61. The summed E-state index contributed by atoms with van der Waals surface area (Å²) >= 11 is 0. The number of carboxylic acid groups (broad SMARTS) is 1. The third kappa shape index (κ3) is 19.5. The predicted molar refractivity (Wildman–Crippen MR) is 223 cm³/mol. The predicted octanol–water partition coefficient (Wildman–Crippen LogP) is 3.41. The Bertz CT molecular complexity index is 1380. The van der Waals surface area contributed by atoms with E-state index in [0.29, 0.717) is 19.3 Å². The van der Waals surface area contributed by atoms with Crippen LogP contribution in [0.2, 0.25) is 0 Å². The minimum Gasteiger partial charge on any atom is -0.481 e. The van der Waals surface area contributed by atoms with Crippen LogP contribution in [0.15, 0.2) is 12.2 Å². The van der Waals surface area contributed by atoms with Crippen molar-refractivity contribution in [1.29, 1.82) is 0 Å². The van der Waals surface area contributed by atoms with Gasteiger partial charge in [0.25, 0.3) is 11.8 Å². The number of hydrogen-bond donors (Lipinski definition) is 6. The second kappa shape index (κ2) is 22.5. The molecule has 0 aromatic heterocycles. The number of ether oxygens (including phenoxy) is 1. The number of nitrogens with two attached hydrogens (primary N) is 1. The summed E-state index contributed by atoms with van der Waals surface area (Å²) in [5, 5.41) is 20.1. The zero-order valence-electron chi connectivity index (χ0n) is 34.0. The van der Waals surface area contributed by atoms with Crippen LogP contribution in [-0.4, -0.2) is 121 Å². The Morgan fingerprint density at radius 3 is 1.73 bits per heavy atom. The minimum atomic E-state index is -1.35. The van der Waals surface area contributed by atoms with Gasteiger partial charge in [0.15, 0.2) is 0 Å². The number of rotatable bonds is 24. The monoisotopic (exact) mass is 850 g/mol. The van der Waals surface area contributed by atoms with Crippen molar-refractivity contribution in [3.8, 4) is 0 Å². The number of nitrogens with zero attached hydrogens (tertiary/aromatic N) is 1. The van der Waals surface area contributed by atoms with E-state index in [0.717, 1.165) is 17.1 Å². The maximum atomic E-state index is 13.7. The highest BCUT2D eigenvalue weighted by atomic mass is 33.1. The molecule has 0 aliphatic carbocycles. The number of aliphatic carboxylic acids is 1. The molecule has 55 heavy (non-hydrogen) atoms. The molecule has 0 aromatic carbocycles. The molecule has 0 radical (unpaired) electrons. The van der Waals surface area contributed by atoms with Crippen LogP contribution in [0.1, 0.15) is 102 Å². The normalized spacial score (nSPS) is 16.8. The van der Waals surface area contributed by atoms with Gasteiger partial charge in [0.1, 0.15) is 24.2 Å². The van der Waals surface area contributed by atoms with Crippen LogP contribution in [0.3, 0.4) is 0 Å². The molecule has 19 heteroatoms. The van der Waals surface area contributed by atoms with Crippen LogP contribution < -0.4 is 27.0 Å². The van der Waals surface area contributed by atoms with E-state index in [9.17, 15) is 33.6 Å². The molecule has 6 amide bonds. The van der Waals surface area contributed by atoms with Crippen LogP contribution in [0, 0.1) is 0 Å². The number of hydrogen-bond acceptors (Lipinski definition) is 13. The molecule has 0 bridgehead atoms. The van der Waals surface area contributed by atoms with Gasteiger partial charge in [-0.3, -0.25) is 38.5 Å². The first kappa shape index (κ1) is 50.6. The van der Waals surface area contributed by atoms with Gasteiger partial charge in [0.05, 0.1) is 5.60 Å². The van der Waals surface area contributed by atoms with Crippen molar-refractivity contribution in [2.24, 2.45) is 5.73 Å². The molecule has 0 fully saturated rings. The molecule has 1 aliphatic rings. The van der Waals surface area contributed by atoms with Crippen LogP contribution in [0.5, 0.6) is 0 Å². The SMILES string of the molecule is CCC(C)(CCC(=O)O)OCCC(C)(C)NC(=O)[C@H](CSSC(C)(C)C)NC(=O)[C@H](C)NC(=O)[C@H](CSSC(C)(C)C)NC(=O)[C@H](CN)N1C(=O)C=CC1=O. The maximum absolute atomic E-state index is 13.7. The Morgan fingerprint density at radius 1 is 0.782 bits per heavy atom. The lowest BCUT2D eigenvalue weighted by molar-refractivity contribution is -0.145. The van der Waals surface area contributed by atoms with Gasteiger partial charge >= 0.3 is 5.97 Å². The number of imide groups is 1. The second-order valence-corrected chi connectivity index (χ2v) is 22.4. The van der Waals surface area contributed by atoms with Crippen LogP contribution in [0.25, 0.3) is 0 Å². The summed E-state index contributed by atoms with van der Waals surface area (Å²) < 4.78 is 5.77. The summed E-state index contributed by atoms with van der Waals surface area (Å²) in [5.41, 5.74) is 4.41. The van der Waals surface area contributed by atoms with Gasteiger partial charge in [-0.05, 0) is 47.0 Å². The number of carbonyl (C=O) groups excluding carboxylic acids is 6. The van der Waals surface area contributed by atoms with Gasteiger partial charge in [-0.25, -0.2) is 0 Å². The van der Waals surface area contributed by atoms with Crippen molar-refractivity contribution in [1.82, 2.24) is 26.2 Å². The zero-order valence-corrected chi connectivity index (χ0v) is 37.3. The summed E-state index contributed by atoms with van der Waals surface area (Å²) in [6, 6.07) is -4.63. The fraction of sp³-hybridized carbons (Fsp3) is 0.750. The van der Waals surface area contributed by atoms with Gasteiger partial charge in [-0.15, -0.1) is 0 Å². The molecule has 0 spiro atoms. The fourth-order valence-electron chi connectivity index (χ4n) is 4.67. The Morgan fingerprint density at radius 2 is 1.27 bits per heavy atom. The number of carboxylic acids is 1. The van der Waals surface area contributed by atoms with E-state index in [4.69, 9.17) is 15.6 Å². The zero-order chi connectivity index (χ0) is 42.4. The molecule has 5 atom stereocenters. The Labute approximate surface area is 341 Å². The second-order valence-electron chi connectivity index (χ2n) is 16.1. The maximum Gasteiger partial charge on any atom is 0.303 e. The highest BCUT2D eigenvalue weighted by Crippen LogP contribution is 2.36. The van der Waals surface area contributed by atoms with Crippen molar-refractivity contribution < 1.29 is 43.4 Å². The molecule has 0 saturated carbocycles. The van der Waals surface area contributed by atoms with Crippen molar-refractivity contribution in [2.75, 3.05) is 24.7 Å². The molecular weight excluding hydrogens is 789 g/mol. The first-order valence-corrected chi connectivity index (χ1v) is 22.8. The molecule has 1 aliphatic heterocycles. The molecule has 1 heterocycles. The average Bonchev–Trinajstić information content (AvgIpc) is 3.38. The highest BCUT2D eigenvalue weighted by molar-refractivity contribution is 8.77. The molecule has 7 N–H and O–H groups in total. The molecule has 1 unspecified atom stereocenters. The van der Waals surface area contributed by atoms with E-state index >= 15 is 0 Å². The summed E-state index contributed by atoms with van der Waals surface area (Å²) in [4.78, 5) is 90.6. The summed E-state index contributed by atoms with van der Waals surface area (Å²) in [7, 11) is 5.78. The van der Waals surface area contributed by atoms with Gasteiger partial charge in [0, 0.05) is 58.3 Å². The van der Waals surface area contributed by atoms with E-state index < -0.39 is 76.7 Å². The Balaban J connectivity index is 3.10. The molecule has 0 saturated heterocycles. The van der Waals surface area contributed by atoms with Crippen molar-refractivity contribution in [3.63, 3.8) is 0 Å². The van der Waals surface area contributed by atoms with Crippen molar-refractivity contribution in [2.45, 2.75) is 147 Å². The molecule has 1 rings (SSSR count). The Kier molecular flexibility index (Phi) is 20.7. The van der Waals surface area contributed by atoms with E-state index in [2.05, 4.69) is 21.3 Å². The molecule has 15 nitrogen and oxygen atoms in total. The quantitative estimate of drug-likeness (QED) is 0.0605.